The first-order chi connectivity index (χ1) is 8.13. The third kappa shape index (κ3) is 2.66. The van der Waals surface area contributed by atoms with Gasteiger partial charge in [-0.2, -0.15) is 0 Å². The first-order valence-electron chi connectivity index (χ1n) is 6.20. The molecule has 1 heterocycles. The van der Waals surface area contributed by atoms with Crippen LogP contribution in [-0.2, 0) is 6.42 Å². The Bertz CT molecular complexity index is 403. The van der Waals surface area contributed by atoms with Gasteiger partial charge >= 0.3 is 0 Å². The Hall–Kier alpha value is -0.540. The van der Waals surface area contributed by atoms with Crippen molar-refractivity contribution in [3.05, 3.63) is 27.7 Å². The number of hydrogen-bond acceptors (Lipinski definition) is 2. The highest BCUT2D eigenvalue weighted by atomic mass is 79.9. The predicted octanol–water partition coefficient (Wildman–Crippen LogP) is 3.34. The van der Waals surface area contributed by atoms with Gasteiger partial charge in [0.05, 0.1) is 11.6 Å². The van der Waals surface area contributed by atoms with E-state index >= 15 is 0 Å². The Morgan fingerprint density at radius 2 is 2.18 bits per heavy atom. The van der Waals surface area contributed by atoms with E-state index in [-0.39, 0.29) is 0 Å². The van der Waals surface area contributed by atoms with Crippen LogP contribution < -0.4 is 10.1 Å². The van der Waals surface area contributed by atoms with Crippen molar-refractivity contribution < 1.29 is 4.74 Å². The molecular weight excluding hydrogens is 278 g/mol. The van der Waals surface area contributed by atoms with E-state index in [1.54, 1.807) is 7.11 Å². The fourth-order valence-electron chi connectivity index (χ4n) is 2.51. The lowest BCUT2D eigenvalue weighted by Gasteiger charge is -2.22. The second-order valence-corrected chi connectivity index (χ2v) is 5.84. The molecule has 1 N–H and O–H groups in total. The molecule has 0 aromatic heterocycles. The summed E-state index contributed by atoms with van der Waals surface area (Å²) >= 11 is 3.59. The third-order valence-corrected chi connectivity index (χ3v) is 4.17. The minimum absolute atomic E-state index is 0.592. The van der Waals surface area contributed by atoms with Gasteiger partial charge < -0.3 is 10.1 Å². The fourth-order valence-corrected chi connectivity index (χ4v) is 3.04. The summed E-state index contributed by atoms with van der Waals surface area (Å²) in [4.78, 5) is 0. The van der Waals surface area contributed by atoms with E-state index in [4.69, 9.17) is 4.74 Å². The lowest BCUT2D eigenvalue weighted by atomic mass is 9.85. The Morgan fingerprint density at radius 1 is 1.41 bits per heavy atom. The molecule has 1 aliphatic heterocycles. The Morgan fingerprint density at radius 3 is 2.82 bits per heavy atom. The standard InChI is InChI=1S/C14H20BrNO/c1-9(2)12-8-16-5-4-10-6-14(17-3)13(15)7-11(10)12/h6-7,9,12,16H,4-5,8H2,1-3H3/t12-/m1/s1. The molecule has 0 radical (unpaired) electrons. The lowest BCUT2D eigenvalue weighted by molar-refractivity contribution is 0.411. The maximum Gasteiger partial charge on any atom is 0.133 e. The van der Waals surface area contributed by atoms with Crippen molar-refractivity contribution >= 4 is 15.9 Å². The van der Waals surface area contributed by atoms with Gasteiger partial charge in [-0.25, -0.2) is 0 Å². The Kier molecular flexibility index (Phi) is 4.10. The van der Waals surface area contributed by atoms with E-state index in [1.165, 1.54) is 11.1 Å². The van der Waals surface area contributed by atoms with Crippen LogP contribution in [0.1, 0.15) is 30.9 Å². The molecule has 0 saturated heterocycles. The third-order valence-electron chi connectivity index (χ3n) is 3.55. The summed E-state index contributed by atoms with van der Waals surface area (Å²) in [5.41, 5.74) is 2.89. The normalized spacial score (nSPS) is 19.9. The summed E-state index contributed by atoms with van der Waals surface area (Å²) < 4.78 is 6.44. The van der Waals surface area contributed by atoms with E-state index in [1.807, 2.05) is 0 Å². The molecule has 2 nitrogen and oxygen atoms in total. The Labute approximate surface area is 112 Å². The van der Waals surface area contributed by atoms with Crippen LogP contribution in [0.5, 0.6) is 5.75 Å². The number of rotatable bonds is 2. The number of halogens is 1. The maximum absolute atomic E-state index is 5.38. The van der Waals surface area contributed by atoms with Gasteiger partial charge in [-0.05, 0) is 64.0 Å². The van der Waals surface area contributed by atoms with E-state index in [2.05, 4.69) is 47.2 Å². The largest absolute Gasteiger partial charge is 0.496 e. The maximum atomic E-state index is 5.38. The molecule has 2 rings (SSSR count). The van der Waals surface area contributed by atoms with Gasteiger partial charge in [0.1, 0.15) is 5.75 Å². The Balaban J connectivity index is 2.47. The number of fused-ring (bicyclic) bond motifs is 1. The molecule has 1 aliphatic rings. The van der Waals surface area contributed by atoms with E-state index in [0.717, 1.165) is 29.7 Å². The topological polar surface area (TPSA) is 21.3 Å². The highest BCUT2D eigenvalue weighted by Crippen LogP contribution is 2.35. The van der Waals surface area contributed by atoms with E-state index < -0.39 is 0 Å². The van der Waals surface area contributed by atoms with Gasteiger partial charge in [-0.15, -0.1) is 0 Å². The van der Waals surface area contributed by atoms with Gasteiger partial charge in [0, 0.05) is 6.54 Å². The number of benzene rings is 1. The molecule has 3 heteroatoms. The zero-order chi connectivity index (χ0) is 12.4. The molecule has 0 amide bonds. The summed E-state index contributed by atoms with van der Waals surface area (Å²) in [5.74, 6) is 2.18. The van der Waals surface area contributed by atoms with Gasteiger partial charge in [-0.1, -0.05) is 13.8 Å². The van der Waals surface area contributed by atoms with Crippen molar-refractivity contribution in [3.8, 4) is 5.75 Å². The van der Waals surface area contributed by atoms with Crippen LogP contribution in [-0.4, -0.2) is 20.2 Å². The van der Waals surface area contributed by atoms with Crippen LogP contribution >= 0.6 is 15.9 Å². The molecule has 1 atom stereocenters. The fraction of sp³-hybridized carbons (Fsp3) is 0.571. The number of methoxy groups -OCH3 is 1. The average Bonchev–Trinajstić information content (AvgIpc) is 2.49. The molecular formula is C14H20BrNO. The highest BCUT2D eigenvalue weighted by Gasteiger charge is 2.22. The van der Waals surface area contributed by atoms with Crippen molar-refractivity contribution in [2.24, 2.45) is 5.92 Å². The SMILES string of the molecule is COc1cc2c(cc1Br)[C@@H](C(C)C)CNCC2. The lowest BCUT2D eigenvalue weighted by Crippen LogP contribution is -2.23. The molecule has 0 bridgehead atoms. The summed E-state index contributed by atoms with van der Waals surface area (Å²) in [7, 11) is 1.72. The average molecular weight is 298 g/mol. The molecule has 0 fully saturated rings. The minimum Gasteiger partial charge on any atom is -0.496 e. The molecule has 0 saturated carbocycles. The van der Waals surface area contributed by atoms with Crippen molar-refractivity contribution in [1.82, 2.24) is 5.32 Å². The van der Waals surface area contributed by atoms with Crippen LogP contribution in [0.2, 0.25) is 0 Å². The van der Waals surface area contributed by atoms with Gasteiger partial charge in [-0.3, -0.25) is 0 Å². The highest BCUT2D eigenvalue weighted by molar-refractivity contribution is 9.10. The molecule has 94 valence electrons. The van der Waals surface area contributed by atoms with Gasteiger partial charge in [0.25, 0.3) is 0 Å². The van der Waals surface area contributed by atoms with Crippen LogP contribution in [0.4, 0.5) is 0 Å². The summed E-state index contributed by atoms with van der Waals surface area (Å²) in [6, 6.07) is 4.42. The summed E-state index contributed by atoms with van der Waals surface area (Å²) in [6.07, 6.45) is 1.09. The zero-order valence-corrected chi connectivity index (χ0v) is 12.3. The van der Waals surface area contributed by atoms with Crippen molar-refractivity contribution in [2.75, 3.05) is 20.2 Å². The predicted molar refractivity (Wildman–Crippen MR) is 74.8 cm³/mol. The number of ether oxygens (including phenoxy) is 1. The first-order valence-corrected chi connectivity index (χ1v) is 6.99. The van der Waals surface area contributed by atoms with Gasteiger partial charge in [0.15, 0.2) is 0 Å². The monoisotopic (exact) mass is 297 g/mol. The van der Waals surface area contributed by atoms with Crippen LogP contribution in [0.25, 0.3) is 0 Å². The van der Waals surface area contributed by atoms with Crippen molar-refractivity contribution in [1.29, 1.82) is 0 Å². The van der Waals surface area contributed by atoms with Crippen LogP contribution in [0, 0.1) is 5.92 Å². The second kappa shape index (κ2) is 5.40. The van der Waals surface area contributed by atoms with Crippen LogP contribution in [0.3, 0.4) is 0 Å². The van der Waals surface area contributed by atoms with Crippen molar-refractivity contribution in [2.45, 2.75) is 26.2 Å². The molecule has 0 aliphatic carbocycles. The van der Waals surface area contributed by atoms with Crippen LogP contribution in [0.15, 0.2) is 16.6 Å². The van der Waals surface area contributed by atoms with Crippen molar-refractivity contribution in [3.63, 3.8) is 0 Å². The molecule has 1 aromatic rings. The molecule has 17 heavy (non-hydrogen) atoms. The summed E-state index contributed by atoms with van der Waals surface area (Å²) in [5, 5.41) is 3.53. The second-order valence-electron chi connectivity index (χ2n) is 4.99. The smallest absolute Gasteiger partial charge is 0.133 e. The molecule has 0 spiro atoms. The first kappa shape index (κ1) is 12.9. The minimum atomic E-state index is 0.592. The molecule has 0 unspecified atom stereocenters. The van der Waals surface area contributed by atoms with E-state index in [0.29, 0.717) is 11.8 Å². The number of hydrogen-bond donors (Lipinski definition) is 1. The zero-order valence-electron chi connectivity index (χ0n) is 10.7. The van der Waals surface area contributed by atoms with E-state index in [9.17, 15) is 0 Å². The summed E-state index contributed by atoms with van der Waals surface area (Å²) in [6.45, 7) is 6.71. The van der Waals surface area contributed by atoms with Gasteiger partial charge in [0.2, 0.25) is 0 Å². The quantitative estimate of drug-likeness (QED) is 0.904. The molecule has 1 aromatic carbocycles. The number of nitrogens with one attached hydrogen (secondary N) is 1.